The third-order valence-corrected chi connectivity index (χ3v) is 3.90. The lowest BCUT2D eigenvalue weighted by atomic mass is 10.2. The monoisotopic (exact) mass is 298 g/mol. The largest absolute Gasteiger partial charge is 0.378 e. The van der Waals surface area contributed by atoms with E-state index in [1.165, 1.54) is 0 Å². The molecule has 1 aliphatic rings. The third-order valence-electron chi connectivity index (χ3n) is 3.14. The molecule has 1 atom stereocenters. The minimum atomic E-state index is -0.563. The van der Waals surface area contributed by atoms with E-state index in [0.717, 1.165) is 11.5 Å². The molecule has 2 amide bonds. The standard InChI is InChI=1S/C12H18N4O3S/c1-3-9-10(20-15-14-9)11(17)13-8(2)12(18)16-4-6-19-7-5-16/h8H,3-7H2,1-2H3,(H,13,17)/t8-/m1/s1. The van der Waals surface area contributed by atoms with E-state index in [1.54, 1.807) is 11.8 Å². The topological polar surface area (TPSA) is 84.4 Å². The van der Waals surface area contributed by atoms with Crippen molar-refractivity contribution in [3.8, 4) is 0 Å². The molecule has 1 aliphatic heterocycles. The first-order chi connectivity index (χ1) is 9.63. The SMILES string of the molecule is CCc1nnsc1C(=O)N[C@H](C)C(=O)N1CCOCC1. The molecule has 0 aliphatic carbocycles. The molecule has 0 saturated carbocycles. The minimum Gasteiger partial charge on any atom is -0.378 e. The molecule has 1 saturated heterocycles. The van der Waals surface area contributed by atoms with E-state index >= 15 is 0 Å². The van der Waals surface area contributed by atoms with Crippen LogP contribution in [0.4, 0.5) is 0 Å². The number of nitrogens with zero attached hydrogens (tertiary/aromatic N) is 3. The average molecular weight is 298 g/mol. The lowest BCUT2D eigenvalue weighted by Gasteiger charge is -2.29. The van der Waals surface area contributed by atoms with Gasteiger partial charge in [-0.2, -0.15) is 0 Å². The molecule has 0 bridgehead atoms. The van der Waals surface area contributed by atoms with Gasteiger partial charge in [0.15, 0.2) is 0 Å². The van der Waals surface area contributed by atoms with E-state index in [1.807, 2.05) is 6.92 Å². The van der Waals surface area contributed by atoms with Crippen LogP contribution in [-0.4, -0.2) is 58.6 Å². The number of morpholine rings is 1. The Morgan fingerprint density at radius 2 is 2.15 bits per heavy atom. The molecule has 1 fully saturated rings. The Kier molecular flexibility index (Phi) is 5.02. The molecule has 0 unspecified atom stereocenters. The van der Waals surface area contributed by atoms with Gasteiger partial charge >= 0.3 is 0 Å². The predicted molar refractivity (Wildman–Crippen MR) is 73.6 cm³/mol. The van der Waals surface area contributed by atoms with Crippen LogP contribution in [0.1, 0.15) is 29.2 Å². The van der Waals surface area contributed by atoms with Crippen molar-refractivity contribution in [2.75, 3.05) is 26.3 Å². The normalized spacial score (nSPS) is 16.8. The maximum atomic E-state index is 12.2. The van der Waals surface area contributed by atoms with Gasteiger partial charge in [0.05, 0.1) is 18.9 Å². The first kappa shape index (κ1) is 14.9. The maximum Gasteiger partial charge on any atom is 0.265 e. The highest BCUT2D eigenvalue weighted by Gasteiger charge is 2.25. The summed E-state index contributed by atoms with van der Waals surface area (Å²) in [6.45, 7) is 5.84. The molecular formula is C12H18N4O3S. The van der Waals surface area contributed by atoms with Crippen molar-refractivity contribution in [2.24, 2.45) is 0 Å². The van der Waals surface area contributed by atoms with E-state index in [9.17, 15) is 9.59 Å². The highest BCUT2D eigenvalue weighted by molar-refractivity contribution is 7.08. The number of hydrogen-bond acceptors (Lipinski definition) is 6. The van der Waals surface area contributed by atoms with Crippen molar-refractivity contribution in [1.82, 2.24) is 19.8 Å². The van der Waals surface area contributed by atoms with Crippen molar-refractivity contribution in [3.63, 3.8) is 0 Å². The van der Waals surface area contributed by atoms with Crippen molar-refractivity contribution in [1.29, 1.82) is 0 Å². The number of rotatable bonds is 4. The fraction of sp³-hybridized carbons (Fsp3) is 0.667. The van der Waals surface area contributed by atoms with Crippen LogP contribution in [0.25, 0.3) is 0 Å². The second-order valence-corrected chi connectivity index (χ2v) is 5.29. The van der Waals surface area contributed by atoms with Crippen LogP contribution in [0, 0.1) is 0 Å². The van der Waals surface area contributed by atoms with E-state index in [-0.39, 0.29) is 11.8 Å². The number of hydrogen-bond donors (Lipinski definition) is 1. The summed E-state index contributed by atoms with van der Waals surface area (Å²) < 4.78 is 8.98. The summed E-state index contributed by atoms with van der Waals surface area (Å²) in [5.74, 6) is -0.372. The first-order valence-corrected chi connectivity index (χ1v) is 7.39. The summed E-state index contributed by atoms with van der Waals surface area (Å²) >= 11 is 1.05. The Balaban J connectivity index is 1.95. The van der Waals surface area contributed by atoms with Crippen LogP contribution in [0.15, 0.2) is 0 Å². The van der Waals surface area contributed by atoms with Crippen molar-refractivity contribution in [3.05, 3.63) is 10.6 Å². The molecule has 0 aromatic carbocycles. The van der Waals surface area contributed by atoms with Crippen LogP contribution < -0.4 is 5.32 Å². The predicted octanol–water partition coefficient (Wildman–Crippen LogP) is 0.0776. The minimum absolute atomic E-state index is 0.0860. The Morgan fingerprint density at radius 3 is 2.80 bits per heavy atom. The Morgan fingerprint density at radius 1 is 1.45 bits per heavy atom. The Labute approximate surface area is 121 Å². The molecule has 0 radical (unpaired) electrons. The van der Waals surface area contributed by atoms with Crippen LogP contribution in [-0.2, 0) is 16.0 Å². The summed E-state index contributed by atoms with van der Waals surface area (Å²) in [6.07, 6.45) is 0.644. The quantitative estimate of drug-likeness (QED) is 0.851. The molecule has 110 valence electrons. The van der Waals surface area contributed by atoms with Gasteiger partial charge in [0.25, 0.3) is 5.91 Å². The van der Waals surface area contributed by atoms with Gasteiger partial charge in [0.1, 0.15) is 10.9 Å². The van der Waals surface area contributed by atoms with Gasteiger partial charge < -0.3 is 15.0 Å². The second-order valence-electron chi connectivity index (χ2n) is 4.54. The molecule has 7 nitrogen and oxygen atoms in total. The molecule has 2 heterocycles. The highest BCUT2D eigenvalue weighted by Crippen LogP contribution is 2.11. The second kappa shape index (κ2) is 6.76. The summed E-state index contributed by atoms with van der Waals surface area (Å²) in [5.41, 5.74) is 0.665. The zero-order valence-electron chi connectivity index (χ0n) is 11.6. The van der Waals surface area contributed by atoms with Crippen LogP contribution >= 0.6 is 11.5 Å². The van der Waals surface area contributed by atoms with Crippen LogP contribution in [0.5, 0.6) is 0 Å². The molecule has 0 spiro atoms. The number of carbonyl (C=O) groups is 2. The van der Waals surface area contributed by atoms with E-state index < -0.39 is 6.04 Å². The highest BCUT2D eigenvalue weighted by atomic mass is 32.1. The summed E-state index contributed by atoms with van der Waals surface area (Å²) in [5, 5.41) is 6.61. The molecule has 20 heavy (non-hydrogen) atoms. The Bertz CT molecular complexity index is 485. The fourth-order valence-electron chi connectivity index (χ4n) is 1.99. The van der Waals surface area contributed by atoms with Crippen molar-refractivity contribution >= 4 is 23.3 Å². The van der Waals surface area contributed by atoms with Gasteiger partial charge in [-0.3, -0.25) is 9.59 Å². The summed E-state index contributed by atoms with van der Waals surface area (Å²) in [6, 6.07) is -0.563. The lowest BCUT2D eigenvalue weighted by molar-refractivity contribution is -0.136. The van der Waals surface area contributed by atoms with Crippen LogP contribution in [0.3, 0.4) is 0 Å². The number of ether oxygens (including phenoxy) is 1. The number of amides is 2. The van der Waals surface area contributed by atoms with Gasteiger partial charge in [-0.1, -0.05) is 11.4 Å². The van der Waals surface area contributed by atoms with Gasteiger partial charge in [0.2, 0.25) is 5.91 Å². The summed E-state index contributed by atoms with van der Waals surface area (Å²) in [4.78, 5) is 26.5. The zero-order valence-corrected chi connectivity index (χ0v) is 12.4. The van der Waals surface area contributed by atoms with E-state index in [0.29, 0.717) is 43.3 Å². The Hall–Kier alpha value is -1.54. The third kappa shape index (κ3) is 3.31. The number of aromatic nitrogens is 2. The smallest absolute Gasteiger partial charge is 0.265 e. The van der Waals surface area contributed by atoms with Crippen LogP contribution in [0.2, 0.25) is 0 Å². The van der Waals surface area contributed by atoms with Crippen molar-refractivity contribution in [2.45, 2.75) is 26.3 Å². The van der Waals surface area contributed by atoms with Gasteiger partial charge in [-0.05, 0) is 24.9 Å². The molecular weight excluding hydrogens is 280 g/mol. The molecule has 1 aromatic rings. The molecule has 1 N–H and O–H groups in total. The van der Waals surface area contributed by atoms with Gasteiger partial charge in [0, 0.05) is 13.1 Å². The number of nitrogens with one attached hydrogen (secondary N) is 1. The zero-order chi connectivity index (χ0) is 14.5. The molecule has 2 rings (SSSR count). The molecule has 8 heteroatoms. The lowest BCUT2D eigenvalue weighted by Crippen LogP contribution is -2.50. The van der Waals surface area contributed by atoms with Gasteiger partial charge in [-0.25, -0.2) is 0 Å². The molecule has 1 aromatic heterocycles. The first-order valence-electron chi connectivity index (χ1n) is 6.62. The van der Waals surface area contributed by atoms with E-state index in [2.05, 4.69) is 14.9 Å². The maximum absolute atomic E-state index is 12.2. The average Bonchev–Trinajstić information content (AvgIpc) is 2.95. The number of carbonyl (C=O) groups excluding carboxylic acids is 2. The number of aryl methyl sites for hydroxylation is 1. The van der Waals surface area contributed by atoms with Crippen molar-refractivity contribution < 1.29 is 14.3 Å². The fourth-order valence-corrected chi connectivity index (χ4v) is 2.65. The van der Waals surface area contributed by atoms with Gasteiger partial charge in [-0.15, -0.1) is 5.10 Å². The summed E-state index contributed by atoms with van der Waals surface area (Å²) in [7, 11) is 0. The van der Waals surface area contributed by atoms with E-state index in [4.69, 9.17) is 4.74 Å².